The van der Waals surface area contributed by atoms with Crippen LogP contribution in [0.5, 0.6) is 11.5 Å². The van der Waals surface area contributed by atoms with E-state index in [2.05, 4.69) is 5.32 Å². The third-order valence-electron chi connectivity index (χ3n) is 4.07. The number of hydrogen-bond donors (Lipinski definition) is 1. The number of ether oxygens (including phenoxy) is 2. The number of amides is 1. The normalized spacial score (nSPS) is 11.8. The molecule has 0 saturated carbocycles. The summed E-state index contributed by atoms with van der Waals surface area (Å²) in [5.41, 5.74) is 0.927. The SMILES string of the molecule is COc1ccccc1CNC(=O)C(C)Oc1cccc2ccccc12. The molecule has 0 heterocycles. The van der Waals surface area contributed by atoms with E-state index in [0.29, 0.717) is 12.3 Å². The van der Waals surface area contributed by atoms with E-state index in [-0.39, 0.29) is 5.91 Å². The molecule has 1 amide bonds. The maximum Gasteiger partial charge on any atom is 0.261 e. The van der Waals surface area contributed by atoms with Gasteiger partial charge in [-0.05, 0) is 24.4 Å². The van der Waals surface area contributed by atoms with Gasteiger partial charge in [0.25, 0.3) is 5.91 Å². The van der Waals surface area contributed by atoms with Crippen LogP contribution in [-0.2, 0) is 11.3 Å². The highest BCUT2D eigenvalue weighted by molar-refractivity contribution is 5.89. The van der Waals surface area contributed by atoms with E-state index in [1.54, 1.807) is 14.0 Å². The van der Waals surface area contributed by atoms with Gasteiger partial charge >= 0.3 is 0 Å². The summed E-state index contributed by atoms with van der Waals surface area (Å²) in [6.45, 7) is 2.14. The molecule has 4 heteroatoms. The zero-order valence-corrected chi connectivity index (χ0v) is 14.4. The lowest BCUT2D eigenvalue weighted by Crippen LogP contribution is -2.36. The molecule has 0 aromatic heterocycles. The standard InChI is InChI=1S/C21H21NO3/c1-15(21(23)22-14-17-9-4-6-12-19(17)24-2)25-20-13-7-10-16-8-3-5-11-18(16)20/h3-13,15H,14H2,1-2H3,(H,22,23). The molecular formula is C21H21NO3. The molecule has 3 rings (SSSR count). The van der Waals surface area contributed by atoms with E-state index in [4.69, 9.17) is 9.47 Å². The average Bonchev–Trinajstić information content (AvgIpc) is 2.66. The van der Waals surface area contributed by atoms with Crippen LogP contribution in [0, 0.1) is 0 Å². The van der Waals surface area contributed by atoms with Crippen LogP contribution in [-0.4, -0.2) is 19.1 Å². The monoisotopic (exact) mass is 335 g/mol. The van der Waals surface area contributed by atoms with Gasteiger partial charge in [-0.1, -0.05) is 54.6 Å². The van der Waals surface area contributed by atoms with Gasteiger partial charge in [-0.2, -0.15) is 0 Å². The molecule has 1 atom stereocenters. The minimum atomic E-state index is -0.597. The minimum Gasteiger partial charge on any atom is -0.496 e. The zero-order valence-electron chi connectivity index (χ0n) is 14.4. The molecule has 0 aliphatic carbocycles. The quantitative estimate of drug-likeness (QED) is 0.742. The third kappa shape index (κ3) is 3.91. The first-order chi connectivity index (χ1) is 12.2. The molecule has 0 bridgehead atoms. The largest absolute Gasteiger partial charge is 0.496 e. The van der Waals surface area contributed by atoms with Gasteiger partial charge in [0.05, 0.1) is 7.11 Å². The molecule has 128 valence electrons. The van der Waals surface area contributed by atoms with Crippen molar-refractivity contribution in [3.8, 4) is 11.5 Å². The van der Waals surface area contributed by atoms with Crippen LogP contribution in [0.4, 0.5) is 0 Å². The number of rotatable bonds is 6. The lowest BCUT2D eigenvalue weighted by Gasteiger charge is -2.17. The Morgan fingerprint density at radius 2 is 1.64 bits per heavy atom. The number of methoxy groups -OCH3 is 1. The van der Waals surface area contributed by atoms with Gasteiger partial charge in [-0.25, -0.2) is 0 Å². The van der Waals surface area contributed by atoms with E-state index in [0.717, 1.165) is 22.1 Å². The lowest BCUT2D eigenvalue weighted by molar-refractivity contribution is -0.127. The molecule has 0 spiro atoms. The number of para-hydroxylation sites is 1. The van der Waals surface area contributed by atoms with Crippen LogP contribution in [0.3, 0.4) is 0 Å². The van der Waals surface area contributed by atoms with Crippen LogP contribution < -0.4 is 14.8 Å². The van der Waals surface area contributed by atoms with Gasteiger partial charge in [0, 0.05) is 17.5 Å². The second-order valence-electron chi connectivity index (χ2n) is 5.77. The maximum absolute atomic E-state index is 12.4. The molecular weight excluding hydrogens is 314 g/mol. The Hall–Kier alpha value is -3.01. The van der Waals surface area contributed by atoms with Crippen LogP contribution in [0.2, 0.25) is 0 Å². The first-order valence-electron chi connectivity index (χ1n) is 8.23. The summed E-state index contributed by atoms with van der Waals surface area (Å²) in [4.78, 5) is 12.4. The third-order valence-corrected chi connectivity index (χ3v) is 4.07. The topological polar surface area (TPSA) is 47.6 Å². The molecule has 4 nitrogen and oxygen atoms in total. The van der Waals surface area contributed by atoms with Crippen molar-refractivity contribution in [3.63, 3.8) is 0 Å². The Labute approximate surface area is 147 Å². The number of fused-ring (bicyclic) bond motifs is 1. The van der Waals surface area contributed by atoms with Gasteiger partial charge in [0.1, 0.15) is 11.5 Å². The first-order valence-corrected chi connectivity index (χ1v) is 8.23. The van der Waals surface area contributed by atoms with Gasteiger partial charge in [0.15, 0.2) is 6.10 Å². The fourth-order valence-electron chi connectivity index (χ4n) is 2.72. The molecule has 25 heavy (non-hydrogen) atoms. The van der Waals surface area contributed by atoms with Crippen molar-refractivity contribution in [2.45, 2.75) is 19.6 Å². The Kier molecular flexibility index (Phi) is 5.19. The predicted molar refractivity (Wildman–Crippen MR) is 98.9 cm³/mol. The molecule has 1 unspecified atom stereocenters. The van der Waals surface area contributed by atoms with Crippen LogP contribution >= 0.6 is 0 Å². The summed E-state index contributed by atoms with van der Waals surface area (Å²) in [7, 11) is 1.62. The van der Waals surface area contributed by atoms with Crippen molar-refractivity contribution in [1.29, 1.82) is 0 Å². The Bertz CT molecular complexity index is 870. The summed E-state index contributed by atoms with van der Waals surface area (Å²) < 4.78 is 11.2. The molecule has 0 saturated heterocycles. The van der Waals surface area contributed by atoms with Crippen molar-refractivity contribution in [3.05, 3.63) is 72.3 Å². The van der Waals surface area contributed by atoms with Gasteiger partial charge in [-0.15, -0.1) is 0 Å². The summed E-state index contributed by atoms with van der Waals surface area (Å²) >= 11 is 0. The van der Waals surface area contributed by atoms with Gasteiger partial charge < -0.3 is 14.8 Å². The summed E-state index contributed by atoms with van der Waals surface area (Å²) in [5.74, 6) is 1.29. The average molecular weight is 335 g/mol. The van der Waals surface area contributed by atoms with E-state index in [1.807, 2.05) is 66.7 Å². The van der Waals surface area contributed by atoms with E-state index >= 15 is 0 Å². The number of carbonyl (C=O) groups excluding carboxylic acids is 1. The minimum absolute atomic E-state index is 0.168. The lowest BCUT2D eigenvalue weighted by atomic mass is 10.1. The van der Waals surface area contributed by atoms with Crippen LogP contribution in [0.1, 0.15) is 12.5 Å². The highest BCUT2D eigenvalue weighted by atomic mass is 16.5. The first kappa shape index (κ1) is 16.8. The highest BCUT2D eigenvalue weighted by Gasteiger charge is 2.16. The fourth-order valence-corrected chi connectivity index (χ4v) is 2.72. The maximum atomic E-state index is 12.4. The van der Waals surface area contributed by atoms with Crippen molar-refractivity contribution in [1.82, 2.24) is 5.32 Å². The molecule has 0 fully saturated rings. The number of hydrogen-bond acceptors (Lipinski definition) is 3. The number of benzene rings is 3. The van der Waals surface area contributed by atoms with Gasteiger partial charge in [0.2, 0.25) is 0 Å². The molecule has 0 aliphatic rings. The Morgan fingerprint density at radius 3 is 2.48 bits per heavy atom. The van der Waals surface area contributed by atoms with E-state index in [1.165, 1.54) is 0 Å². The summed E-state index contributed by atoms with van der Waals surface area (Å²) in [6, 6.07) is 21.4. The van der Waals surface area contributed by atoms with Crippen LogP contribution in [0.15, 0.2) is 66.7 Å². The van der Waals surface area contributed by atoms with Crippen molar-refractivity contribution in [2.24, 2.45) is 0 Å². The number of carbonyl (C=O) groups is 1. The second kappa shape index (κ2) is 7.71. The smallest absolute Gasteiger partial charge is 0.261 e. The molecule has 3 aromatic rings. The number of nitrogens with one attached hydrogen (secondary N) is 1. The van der Waals surface area contributed by atoms with Crippen molar-refractivity contribution < 1.29 is 14.3 Å². The van der Waals surface area contributed by atoms with Crippen molar-refractivity contribution in [2.75, 3.05) is 7.11 Å². The molecule has 0 radical (unpaired) electrons. The molecule has 3 aromatic carbocycles. The fraction of sp³-hybridized carbons (Fsp3) is 0.190. The predicted octanol–water partition coefficient (Wildman–Crippen LogP) is 3.93. The van der Waals surface area contributed by atoms with Gasteiger partial charge in [-0.3, -0.25) is 4.79 Å². The molecule has 1 N–H and O–H groups in total. The summed E-state index contributed by atoms with van der Waals surface area (Å²) in [5, 5.41) is 4.98. The van der Waals surface area contributed by atoms with E-state index < -0.39 is 6.10 Å². The Balaban J connectivity index is 1.66. The second-order valence-corrected chi connectivity index (χ2v) is 5.77. The van der Waals surface area contributed by atoms with E-state index in [9.17, 15) is 4.79 Å². The summed E-state index contributed by atoms with van der Waals surface area (Å²) in [6.07, 6.45) is -0.597. The Morgan fingerprint density at radius 1 is 0.960 bits per heavy atom. The highest BCUT2D eigenvalue weighted by Crippen LogP contribution is 2.26. The van der Waals surface area contributed by atoms with Crippen molar-refractivity contribution >= 4 is 16.7 Å². The molecule has 0 aliphatic heterocycles. The van der Waals surface area contributed by atoms with Crippen LogP contribution in [0.25, 0.3) is 10.8 Å². The zero-order chi connectivity index (χ0) is 17.6.